The van der Waals surface area contributed by atoms with Gasteiger partial charge in [0.1, 0.15) is 12.7 Å². The van der Waals surface area contributed by atoms with Crippen LogP contribution in [-0.4, -0.2) is 20.7 Å². The first-order valence-electron chi connectivity index (χ1n) is 7.36. The van der Waals surface area contributed by atoms with E-state index in [-0.39, 0.29) is 5.91 Å². The Balaban J connectivity index is 1.72. The number of nitrogens with one attached hydrogen (secondary N) is 1. The van der Waals surface area contributed by atoms with Crippen molar-refractivity contribution in [3.63, 3.8) is 0 Å². The fourth-order valence-electron chi connectivity index (χ4n) is 2.22. The number of anilines is 1. The minimum absolute atomic E-state index is 0.184. The fraction of sp³-hybridized carbons (Fsp3) is 0.0556. The van der Waals surface area contributed by atoms with Crippen molar-refractivity contribution in [2.45, 2.75) is 6.54 Å². The molecule has 0 saturated heterocycles. The summed E-state index contributed by atoms with van der Waals surface area (Å²) in [4.78, 5) is 16.1. The number of benzene rings is 2. The van der Waals surface area contributed by atoms with Crippen LogP contribution in [0.5, 0.6) is 0 Å². The van der Waals surface area contributed by atoms with Gasteiger partial charge in [-0.15, -0.1) is 0 Å². The van der Waals surface area contributed by atoms with Crippen LogP contribution in [0.1, 0.15) is 11.1 Å². The molecule has 0 radical (unpaired) electrons. The number of carbonyl (C=O) groups excluding carboxylic acids is 1. The molecule has 1 heterocycles. The zero-order chi connectivity index (χ0) is 16.8. The second-order valence-corrected chi connectivity index (χ2v) is 5.95. The van der Waals surface area contributed by atoms with Crippen molar-refractivity contribution in [3.05, 3.63) is 82.9 Å². The maximum Gasteiger partial charge on any atom is 0.248 e. The standard InChI is InChI=1S/C18H15BrN4O/c19-16-7-3-1-5-14(16)9-10-18(24)22-17-8-4-2-6-15(17)11-23-13-20-12-21-23/h1-10,12-13H,11H2,(H,22,24). The lowest BCUT2D eigenvalue weighted by Gasteiger charge is -2.09. The molecule has 3 aromatic rings. The lowest BCUT2D eigenvalue weighted by molar-refractivity contribution is -0.111. The summed E-state index contributed by atoms with van der Waals surface area (Å²) in [6.07, 6.45) is 6.43. The van der Waals surface area contributed by atoms with E-state index in [1.165, 1.54) is 12.4 Å². The molecule has 0 aliphatic rings. The van der Waals surface area contributed by atoms with E-state index in [0.717, 1.165) is 21.3 Å². The first-order valence-corrected chi connectivity index (χ1v) is 8.15. The molecule has 1 aromatic heterocycles. The number of carbonyl (C=O) groups is 1. The molecular formula is C18H15BrN4O. The highest BCUT2D eigenvalue weighted by atomic mass is 79.9. The van der Waals surface area contributed by atoms with Gasteiger partial charge in [-0.1, -0.05) is 52.3 Å². The van der Waals surface area contributed by atoms with Crippen LogP contribution in [0.3, 0.4) is 0 Å². The molecular weight excluding hydrogens is 368 g/mol. The quantitative estimate of drug-likeness (QED) is 0.683. The molecule has 0 spiro atoms. The lowest BCUT2D eigenvalue weighted by Crippen LogP contribution is -2.11. The number of rotatable bonds is 5. The molecule has 1 N–H and O–H groups in total. The topological polar surface area (TPSA) is 59.8 Å². The maximum absolute atomic E-state index is 12.2. The SMILES string of the molecule is O=C(C=Cc1ccccc1Br)Nc1ccccc1Cn1cncn1. The Kier molecular flexibility index (Phi) is 5.18. The summed E-state index contributed by atoms with van der Waals surface area (Å²) in [5, 5.41) is 7.00. The van der Waals surface area contributed by atoms with Gasteiger partial charge in [0.25, 0.3) is 0 Å². The summed E-state index contributed by atoms with van der Waals surface area (Å²) in [5.41, 5.74) is 2.67. The maximum atomic E-state index is 12.2. The number of hydrogen-bond donors (Lipinski definition) is 1. The minimum Gasteiger partial charge on any atom is -0.322 e. The number of nitrogens with zero attached hydrogens (tertiary/aromatic N) is 3. The second-order valence-electron chi connectivity index (χ2n) is 5.09. The van der Waals surface area contributed by atoms with E-state index in [2.05, 4.69) is 31.3 Å². The van der Waals surface area contributed by atoms with Crippen molar-refractivity contribution in [3.8, 4) is 0 Å². The summed E-state index contributed by atoms with van der Waals surface area (Å²) in [6, 6.07) is 15.4. The van der Waals surface area contributed by atoms with Crippen LogP contribution in [0.4, 0.5) is 5.69 Å². The van der Waals surface area contributed by atoms with Crippen molar-refractivity contribution in [1.29, 1.82) is 0 Å². The number of halogens is 1. The van der Waals surface area contributed by atoms with E-state index >= 15 is 0 Å². The Morgan fingerprint density at radius 2 is 1.96 bits per heavy atom. The molecule has 5 nitrogen and oxygen atoms in total. The van der Waals surface area contributed by atoms with Crippen molar-refractivity contribution in [2.24, 2.45) is 0 Å². The molecule has 2 aromatic carbocycles. The van der Waals surface area contributed by atoms with Gasteiger partial charge in [0.05, 0.1) is 6.54 Å². The summed E-state index contributed by atoms with van der Waals surface area (Å²) in [6.45, 7) is 0.546. The predicted molar refractivity (Wildman–Crippen MR) is 97.4 cm³/mol. The molecule has 3 rings (SSSR count). The van der Waals surface area contributed by atoms with E-state index in [1.807, 2.05) is 48.5 Å². The molecule has 0 unspecified atom stereocenters. The van der Waals surface area contributed by atoms with Crippen LogP contribution >= 0.6 is 15.9 Å². The van der Waals surface area contributed by atoms with Crippen LogP contribution in [0, 0.1) is 0 Å². The van der Waals surface area contributed by atoms with Gasteiger partial charge in [0.2, 0.25) is 5.91 Å². The van der Waals surface area contributed by atoms with Crippen molar-refractivity contribution in [2.75, 3.05) is 5.32 Å². The molecule has 24 heavy (non-hydrogen) atoms. The van der Waals surface area contributed by atoms with E-state index in [4.69, 9.17) is 0 Å². The lowest BCUT2D eigenvalue weighted by atomic mass is 10.1. The third kappa shape index (κ3) is 4.17. The molecule has 1 amide bonds. The van der Waals surface area contributed by atoms with Gasteiger partial charge in [-0.05, 0) is 29.3 Å². The van der Waals surface area contributed by atoms with Crippen LogP contribution in [0.2, 0.25) is 0 Å². The smallest absolute Gasteiger partial charge is 0.248 e. The molecule has 0 aliphatic carbocycles. The molecule has 6 heteroatoms. The van der Waals surface area contributed by atoms with Crippen molar-refractivity contribution >= 4 is 33.6 Å². The summed E-state index contributed by atoms with van der Waals surface area (Å²) in [5.74, 6) is -0.184. The molecule has 120 valence electrons. The minimum atomic E-state index is -0.184. The van der Waals surface area contributed by atoms with Crippen molar-refractivity contribution < 1.29 is 4.79 Å². The Labute approximate surface area is 148 Å². The highest BCUT2D eigenvalue weighted by Crippen LogP contribution is 2.18. The molecule has 0 atom stereocenters. The third-order valence-corrected chi connectivity index (χ3v) is 4.12. The van der Waals surface area contributed by atoms with Crippen LogP contribution < -0.4 is 5.32 Å². The predicted octanol–water partition coefficient (Wildman–Crippen LogP) is 3.74. The summed E-state index contributed by atoms with van der Waals surface area (Å²) in [7, 11) is 0. The Hall–Kier alpha value is -2.73. The highest BCUT2D eigenvalue weighted by Gasteiger charge is 2.05. The van der Waals surface area contributed by atoms with E-state index in [1.54, 1.807) is 17.1 Å². The normalized spacial score (nSPS) is 10.9. The molecule has 0 bridgehead atoms. The molecule has 0 fully saturated rings. The van der Waals surface area contributed by atoms with Gasteiger partial charge >= 0.3 is 0 Å². The number of para-hydroxylation sites is 1. The average Bonchev–Trinajstić information content (AvgIpc) is 3.09. The Morgan fingerprint density at radius 3 is 2.75 bits per heavy atom. The van der Waals surface area contributed by atoms with Gasteiger partial charge in [-0.2, -0.15) is 5.10 Å². The zero-order valence-corrected chi connectivity index (χ0v) is 14.3. The number of hydrogen-bond acceptors (Lipinski definition) is 3. The molecule has 0 saturated carbocycles. The summed E-state index contributed by atoms with van der Waals surface area (Å²) < 4.78 is 2.66. The van der Waals surface area contributed by atoms with E-state index in [9.17, 15) is 4.79 Å². The van der Waals surface area contributed by atoms with Crippen LogP contribution in [0.15, 0.2) is 71.7 Å². The largest absolute Gasteiger partial charge is 0.322 e. The van der Waals surface area contributed by atoms with Crippen molar-refractivity contribution in [1.82, 2.24) is 14.8 Å². The van der Waals surface area contributed by atoms with E-state index < -0.39 is 0 Å². The Bertz CT molecular complexity index is 859. The monoisotopic (exact) mass is 382 g/mol. The number of aromatic nitrogens is 3. The second kappa shape index (κ2) is 7.70. The van der Waals surface area contributed by atoms with Gasteiger partial charge in [0.15, 0.2) is 0 Å². The average molecular weight is 383 g/mol. The van der Waals surface area contributed by atoms with E-state index in [0.29, 0.717) is 6.54 Å². The Morgan fingerprint density at radius 1 is 1.17 bits per heavy atom. The zero-order valence-electron chi connectivity index (χ0n) is 12.8. The fourth-order valence-corrected chi connectivity index (χ4v) is 2.64. The summed E-state index contributed by atoms with van der Waals surface area (Å²) >= 11 is 3.46. The first-order chi connectivity index (χ1) is 11.7. The van der Waals surface area contributed by atoms with Gasteiger partial charge in [-0.3, -0.25) is 4.79 Å². The van der Waals surface area contributed by atoms with Gasteiger partial charge in [-0.25, -0.2) is 9.67 Å². The highest BCUT2D eigenvalue weighted by molar-refractivity contribution is 9.10. The van der Waals surface area contributed by atoms with Gasteiger partial charge < -0.3 is 5.32 Å². The third-order valence-electron chi connectivity index (χ3n) is 3.39. The first kappa shape index (κ1) is 16.1. The van der Waals surface area contributed by atoms with Crippen LogP contribution in [-0.2, 0) is 11.3 Å². The molecule has 0 aliphatic heterocycles. The van der Waals surface area contributed by atoms with Crippen LogP contribution in [0.25, 0.3) is 6.08 Å². The van der Waals surface area contributed by atoms with Gasteiger partial charge in [0, 0.05) is 16.2 Å². The number of amides is 1.